The lowest BCUT2D eigenvalue weighted by Crippen LogP contribution is -2.35. The highest BCUT2D eigenvalue weighted by molar-refractivity contribution is 5.81. The van der Waals surface area contributed by atoms with Crippen LogP contribution in [0, 0.1) is 13.8 Å². The largest absolute Gasteiger partial charge is 0.455 e. The van der Waals surface area contributed by atoms with Gasteiger partial charge in [-0.15, -0.1) is 0 Å². The van der Waals surface area contributed by atoms with Gasteiger partial charge in [-0.2, -0.15) is 0 Å². The Kier molecular flexibility index (Phi) is 5.95. The first-order valence-electron chi connectivity index (χ1n) is 7.64. The van der Waals surface area contributed by atoms with Gasteiger partial charge in [0.25, 0.3) is 5.91 Å². The van der Waals surface area contributed by atoms with E-state index in [-0.39, 0.29) is 25.0 Å². The van der Waals surface area contributed by atoms with Crippen molar-refractivity contribution in [1.82, 2.24) is 5.32 Å². The van der Waals surface area contributed by atoms with Crippen molar-refractivity contribution in [3.05, 3.63) is 34.9 Å². The fraction of sp³-hybridized carbons (Fsp3) is 0.529. The second-order valence-corrected chi connectivity index (χ2v) is 5.70. The van der Waals surface area contributed by atoms with E-state index in [1.165, 1.54) is 5.56 Å². The first-order valence-corrected chi connectivity index (χ1v) is 7.64. The molecule has 1 N–H and O–H groups in total. The standard InChI is InChI=1S/C17H23NO4/c1-12-5-6-14(8-13(12)2)9-17(20)22-11-16(19)18-10-15-4-3-7-21-15/h5-6,8,15H,3-4,7,9-11H2,1-2H3,(H,18,19)/t15-/m0/s1. The summed E-state index contributed by atoms with van der Waals surface area (Å²) < 4.78 is 10.4. The molecule has 5 heteroatoms. The molecule has 0 aromatic heterocycles. The minimum Gasteiger partial charge on any atom is -0.455 e. The number of hydrogen-bond acceptors (Lipinski definition) is 4. The van der Waals surface area contributed by atoms with Crippen LogP contribution in [0.25, 0.3) is 0 Å². The van der Waals surface area contributed by atoms with E-state index in [2.05, 4.69) is 5.32 Å². The van der Waals surface area contributed by atoms with E-state index in [0.717, 1.165) is 30.6 Å². The van der Waals surface area contributed by atoms with Gasteiger partial charge in [0.15, 0.2) is 6.61 Å². The predicted octanol–water partition coefficient (Wildman–Crippen LogP) is 1.68. The third-order valence-electron chi connectivity index (χ3n) is 3.83. The van der Waals surface area contributed by atoms with E-state index in [4.69, 9.17) is 9.47 Å². The summed E-state index contributed by atoms with van der Waals surface area (Å²) >= 11 is 0. The maximum absolute atomic E-state index is 11.7. The molecule has 5 nitrogen and oxygen atoms in total. The summed E-state index contributed by atoms with van der Waals surface area (Å²) in [5.41, 5.74) is 3.22. The van der Waals surface area contributed by atoms with E-state index < -0.39 is 5.97 Å². The van der Waals surface area contributed by atoms with Crippen molar-refractivity contribution >= 4 is 11.9 Å². The Morgan fingerprint density at radius 2 is 2.14 bits per heavy atom. The van der Waals surface area contributed by atoms with Crippen LogP contribution in [0.5, 0.6) is 0 Å². The molecule has 2 rings (SSSR count). The molecule has 1 heterocycles. The number of carbonyl (C=O) groups excluding carboxylic acids is 2. The maximum atomic E-state index is 11.7. The van der Waals surface area contributed by atoms with Gasteiger partial charge < -0.3 is 14.8 Å². The monoisotopic (exact) mass is 305 g/mol. The fourth-order valence-electron chi connectivity index (χ4n) is 2.36. The van der Waals surface area contributed by atoms with Crippen molar-refractivity contribution in [2.24, 2.45) is 0 Å². The lowest BCUT2D eigenvalue weighted by atomic mass is 10.0. The minimum absolute atomic E-state index is 0.0928. The van der Waals surface area contributed by atoms with Gasteiger partial charge >= 0.3 is 5.97 Å². The summed E-state index contributed by atoms with van der Waals surface area (Å²) in [6.07, 6.45) is 2.27. The molecule has 1 fully saturated rings. The zero-order valence-electron chi connectivity index (χ0n) is 13.2. The molecule has 0 unspecified atom stereocenters. The first-order chi connectivity index (χ1) is 10.5. The van der Waals surface area contributed by atoms with Crippen LogP contribution < -0.4 is 5.32 Å². The topological polar surface area (TPSA) is 64.6 Å². The quantitative estimate of drug-likeness (QED) is 0.812. The number of ether oxygens (including phenoxy) is 2. The van der Waals surface area contributed by atoms with Crippen molar-refractivity contribution in [2.45, 2.75) is 39.2 Å². The molecule has 22 heavy (non-hydrogen) atoms. The minimum atomic E-state index is -0.393. The summed E-state index contributed by atoms with van der Waals surface area (Å²) in [6.45, 7) is 5.02. The van der Waals surface area contributed by atoms with Gasteiger partial charge in [-0.1, -0.05) is 18.2 Å². The van der Waals surface area contributed by atoms with Crippen LogP contribution in [0.3, 0.4) is 0 Å². The van der Waals surface area contributed by atoms with Gasteiger partial charge in [0.05, 0.1) is 12.5 Å². The van der Waals surface area contributed by atoms with Crippen molar-refractivity contribution in [3.8, 4) is 0 Å². The van der Waals surface area contributed by atoms with Crippen LogP contribution in [0.4, 0.5) is 0 Å². The molecule has 1 aromatic rings. The van der Waals surface area contributed by atoms with Crippen molar-refractivity contribution in [2.75, 3.05) is 19.8 Å². The third kappa shape index (κ3) is 5.15. The average Bonchev–Trinajstić information content (AvgIpc) is 3.00. The Morgan fingerprint density at radius 3 is 2.82 bits per heavy atom. The highest BCUT2D eigenvalue weighted by Crippen LogP contribution is 2.11. The van der Waals surface area contributed by atoms with E-state index in [1.807, 2.05) is 32.0 Å². The Bertz CT molecular complexity index is 535. The highest BCUT2D eigenvalue weighted by atomic mass is 16.5. The summed E-state index contributed by atoms with van der Waals surface area (Å²) in [6, 6.07) is 5.85. The zero-order valence-corrected chi connectivity index (χ0v) is 13.2. The smallest absolute Gasteiger partial charge is 0.310 e. The summed E-state index contributed by atoms with van der Waals surface area (Å²) in [5.74, 6) is -0.681. The van der Waals surface area contributed by atoms with E-state index >= 15 is 0 Å². The SMILES string of the molecule is Cc1ccc(CC(=O)OCC(=O)NC[C@@H]2CCCO2)cc1C. The zero-order chi connectivity index (χ0) is 15.9. The fourth-order valence-corrected chi connectivity index (χ4v) is 2.36. The number of benzene rings is 1. The van der Waals surface area contributed by atoms with Crippen LogP contribution >= 0.6 is 0 Å². The molecule has 0 saturated carbocycles. The van der Waals surface area contributed by atoms with E-state index in [1.54, 1.807) is 0 Å². The van der Waals surface area contributed by atoms with Gasteiger partial charge in [0.1, 0.15) is 0 Å². The third-order valence-corrected chi connectivity index (χ3v) is 3.83. The van der Waals surface area contributed by atoms with Gasteiger partial charge in [0.2, 0.25) is 0 Å². The van der Waals surface area contributed by atoms with E-state index in [9.17, 15) is 9.59 Å². The molecule has 0 aliphatic carbocycles. The Morgan fingerprint density at radius 1 is 1.32 bits per heavy atom. The van der Waals surface area contributed by atoms with Crippen molar-refractivity contribution in [3.63, 3.8) is 0 Å². The van der Waals surface area contributed by atoms with Crippen LogP contribution in [0.2, 0.25) is 0 Å². The molecule has 0 spiro atoms. The second kappa shape index (κ2) is 7.94. The molecule has 1 atom stereocenters. The number of amides is 1. The second-order valence-electron chi connectivity index (χ2n) is 5.70. The summed E-state index contributed by atoms with van der Waals surface area (Å²) in [4.78, 5) is 23.4. The van der Waals surface area contributed by atoms with Gasteiger partial charge in [0, 0.05) is 13.2 Å². The Balaban J connectivity index is 1.68. The van der Waals surface area contributed by atoms with Crippen molar-refractivity contribution in [1.29, 1.82) is 0 Å². The van der Waals surface area contributed by atoms with Crippen LogP contribution in [0.15, 0.2) is 18.2 Å². The van der Waals surface area contributed by atoms with E-state index in [0.29, 0.717) is 6.54 Å². The number of hydrogen-bond donors (Lipinski definition) is 1. The molecule has 0 radical (unpaired) electrons. The molecular weight excluding hydrogens is 282 g/mol. The molecule has 1 amide bonds. The first kappa shape index (κ1) is 16.5. The number of aryl methyl sites for hydroxylation is 2. The maximum Gasteiger partial charge on any atom is 0.310 e. The molecular formula is C17H23NO4. The normalized spacial score (nSPS) is 17.3. The Labute approximate surface area is 131 Å². The number of esters is 1. The molecule has 0 bridgehead atoms. The highest BCUT2D eigenvalue weighted by Gasteiger charge is 2.16. The molecule has 1 aliphatic rings. The van der Waals surface area contributed by atoms with Gasteiger partial charge in [-0.05, 0) is 43.4 Å². The number of rotatable bonds is 6. The lowest BCUT2D eigenvalue weighted by Gasteiger charge is -2.11. The van der Waals surface area contributed by atoms with Crippen LogP contribution in [0.1, 0.15) is 29.5 Å². The van der Waals surface area contributed by atoms with Gasteiger partial charge in [-0.25, -0.2) is 0 Å². The Hall–Kier alpha value is -1.88. The molecule has 1 saturated heterocycles. The summed E-state index contributed by atoms with van der Waals surface area (Å²) in [5, 5.41) is 2.72. The number of carbonyl (C=O) groups is 2. The molecule has 1 aliphatic heterocycles. The predicted molar refractivity (Wildman–Crippen MR) is 82.6 cm³/mol. The van der Waals surface area contributed by atoms with Crippen molar-refractivity contribution < 1.29 is 19.1 Å². The molecule has 1 aromatic carbocycles. The lowest BCUT2D eigenvalue weighted by molar-refractivity contribution is -0.148. The number of nitrogens with one attached hydrogen (secondary N) is 1. The van der Waals surface area contributed by atoms with Crippen LogP contribution in [-0.4, -0.2) is 37.7 Å². The average molecular weight is 305 g/mol. The summed E-state index contributed by atoms with van der Waals surface area (Å²) in [7, 11) is 0. The molecule has 120 valence electrons. The van der Waals surface area contributed by atoms with Crippen LogP contribution in [-0.2, 0) is 25.5 Å². The van der Waals surface area contributed by atoms with Gasteiger partial charge in [-0.3, -0.25) is 9.59 Å².